The van der Waals surface area contributed by atoms with E-state index in [1.54, 1.807) is 17.5 Å². The Morgan fingerprint density at radius 1 is 1.21 bits per heavy atom. The number of carbonyl (C=O) groups excluding carboxylic acids is 1. The van der Waals surface area contributed by atoms with E-state index in [1.165, 1.54) is 10.1 Å². The van der Waals surface area contributed by atoms with Crippen LogP contribution in [-0.4, -0.2) is 17.0 Å². The zero-order valence-electron chi connectivity index (χ0n) is 13.6. The van der Waals surface area contributed by atoms with Crippen molar-refractivity contribution in [3.63, 3.8) is 0 Å². The Labute approximate surface area is 144 Å². The number of nitrogens with one attached hydrogen (secondary N) is 1. The summed E-state index contributed by atoms with van der Waals surface area (Å²) in [5, 5.41) is 3.58. The summed E-state index contributed by atoms with van der Waals surface area (Å²) in [4.78, 5) is 25.5. The van der Waals surface area contributed by atoms with Crippen molar-refractivity contribution in [2.45, 2.75) is 26.3 Å². The van der Waals surface area contributed by atoms with Crippen LogP contribution in [0.25, 0.3) is 10.1 Å². The Kier molecular flexibility index (Phi) is 5.11. The number of fused-ring (bicyclic) bond motifs is 1. The van der Waals surface area contributed by atoms with E-state index >= 15 is 0 Å². The molecule has 3 aromatic rings. The van der Waals surface area contributed by atoms with Crippen LogP contribution in [0.15, 0.2) is 53.5 Å². The van der Waals surface area contributed by atoms with Crippen LogP contribution in [0.5, 0.6) is 0 Å². The van der Waals surface area contributed by atoms with Gasteiger partial charge in [0.05, 0.1) is 5.39 Å². The number of hydrogen-bond donors (Lipinski definition) is 1. The molecule has 24 heavy (non-hydrogen) atoms. The quantitative estimate of drug-likeness (QED) is 0.701. The average molecular weight is 340 g/mol. The number of thiophene rings is 1. The molecule has 1 N–H and O–H groups in total. The lowest BCUT2D eigenvalue weighted by atomic mass is 10.1. The maximum atomic E-state index is 12.4. The van der Waals surface area contributed by atoms with Crippen molar-refractivity contribution in [3.8, 4) is 0 Å². The molecule has 1 aromatic carbocycles. The van der Waals surface area contributed by atoms with Crippen molar-refractivity contribution in [2.75, 3.05) is 6.54 Å². The fourth-order valence-electron chi connectivity index (χ4n) is 2.70. The van der Waals surface area contributed by atoms with Crippen LogP contribution in [0.4, 0.5) is 0 Å². The topological polar surface area (TPSA) is 51.1 Å². The molecule has 5 heteroatoms. The molecule has 4 nitrogen and oxygen atoms in total. The molecule has 0 atom stereocenters. The molecule has 0 radical (unpaired) electrons. The molecular formula is C19H20N2O2S. The monoisotopic (exact) mass is 340 g/mol. The van der Waals surface area contributed by atoms with Gasteiger partial charge in [0.15, 0.2) is 0 Å². The molecule has 0 aliphatic rings. The van der Waals surface area contributed by atoms with Gasteiger partial charge in [0.25, 0.3) is 5.56 Å². The molecule has 0 fully saturated rings. The summed E-state index contributed by atoms with van der Waals surface area (Å²) < 4.78 is 2.44. The summed E-state index contributed by atoms with van der Waals surface area (Å²) in [5.74, 6) is -0.128. The Morgan fingerprint density at radius 2 is 2.00 bits per heavy atom. The largest absolute Gasteiger partial charge is 0.355 e. The lowest BCUT2D eigenvalue weighted by molar-refractivity contribution is -0.121. The van der Waals surface area contributed by atoms with Crippen molar-refractivity contribution < 1.29 is 4.79 Å². The van der Waals surface area contributed by atoms with Gasteiger partial charge in [0, 0.05) is 22.3 Å². The van der Waals surface area contributed by atoms with Gasteiger partial charge in [0.1, 0.15) is 6.54 Å². The fourth-order valence-corrected chi connectivity index (χ4v) is 3.61. The lowest BCUT2D eigenvalue weighted by Gasteiger charge is -2.07. The minimum Gasteiger partial charge on any atom is -0.355 e. The van der Waals surface area contributed by atoms with E-state index < -0.39 is 0 Å². The van der Waals surface area contributed by atoms with Gasteiger partial charge in [-0.25, -0.2) is 0 Å². The summed E-state index contributed by atoms with van der Waals surface area (Å²) in [6.07, 6.45) is 3.51. The second-order valence-electron chi connectivity index (χ2n) is 5.82. The molecule has 2 heterocycles. The summed E-state index contributed by atoms with van der Waals surface area (Å²) >= 11 is 1.59. The van der Waals surface area contributed by atoms with Crippen LogP contribution in [-0.2, 0) is 17.8 Å². The molecule has 124 valence electrons. The van der Waals surface area contributed by atoms with E-state index in [0.717, 1.165) is 22.4 Å². The molecule has 3 rings (SSSR count). The first kappa shape index (κ1) is 16.5. The number of aryl methyl sites for hydroxylation is 2. The first-order valence-electron chi connectivity index (χ1n) is 8.04. The number of hydrogen-bond acceptors (Lipinski definition) is 3. The molecule has 0 unspecified atom stereocenters. The smallest absolute Gasteiger partial charge is 0.259 e. The van der Waals surface area contributed by atoms with E-state index in [4.69, 9.17) is 0 Å². The minimum absolute atomic E-state index is 0.0645. The third kappa shape index (κ3) is 3.92. The number of nitrogens with zero attached hydrogens (tertiary/aromatic N) is 1. The third-order valence-corrected chi connectivity index (χ3v) is 4.92. The van der Waals surface area contributed by atoms with Crippen LogP contribution >= 0.6 is 11.3 Å². The first-order valence-corrected chi connectivity index (χ1v) is 8.85. The van der Waals surface area contributed by atoms with Gasteiger partial charge in [-0.3, -0.25) is 9.59 Å². The normalized spacial score (nSPS) is 10.9. The summed E-state index contributed by atoms with van der Waals surface area (Å²) in [6, 6.07) is 14.0. The number of aromatic nitrogens is 1. The minimum atomic E-state index is -0.128. The molecule has 2 aromatic heterocycles. The third-order valence-electron chi connectivity index (χ3n) is 3.90. The van der Waals surface area contributed by atoms with Gasteiger partial charge in [-0.05, 0) is 37.5 Å². The van der Waals surface area contributed by atoms with Gasteiger partial charge in [-0.15, -0.1) is 11.3 Å². The standard InChI is InChI=1S/C19H20N2O2S/c1-14-12-16-17(24-14)9-11-21(19(16)23)13-18(22)20-10-5-8-15-6-3-2-4-7-15/h2-4,6-7,9,11-12H,5,8,10,13H2,1H3,(H,20,22). The van der Waals surface area contributed by atoms with Crippen LogP contribution in [0.1, 0.15) is 16.9 Å². The molecule has 0 aliphatic heterocycles. The number of pyridine rings is 1. The predicted octanol–water partition coefficient (Wildman–Crippen LogP) is 3.12. The van der Waals surface area contributed by atoms with E-state index in [1.807, 2.05) is 37.3 Å². The molecule has 0 saturated heterocycles. The molecular weight excluding hydrogens is 320 g/mol. The van der Waals surface area contributed by atoms with Gasteiger partial charge in [0.2, 0.25) is 5.91 Å². The van der Waals surface area contributed by atoms with Crippen molar-refractivity contribution >= 4 is 27.3 Å². The molecule has 0 saturated carbocycles. The van der Waals surface area contributed by atoms with Crippen LogP contribution in [0, 0.1) is 6.92 Å². The Hall–Kier alpha value is -2.40. The molecule has 0 aliphatic carbocycles. The zero-order valence-corrected chi connectivity index (χ0v) is 14.4. The van der Waals surface area contributed by atoms with E-state index in [0.29, 0.717) is 11.9 Å². The average Bonchev–Trinajstić information content (AvgIpc) is 2.97. The lowest BCUT2D eigenvalue weighted by Crippen LogP contribution is -2.32. The number of benzene rings is 1. The second kappa shape index (κ2) is 7.45. The SMILES string of the molecule is Cc1cc2c(=O)n(CC(=O)NCCCc3ccccc3)ccc2s1. The van der Waals surface area contributed by atoms with E-state index in [-0.39, 0.29) is 18.0 Å². The molecule has 1 amide bonds. The Balaban J connectivity index is 1.53. The highest BCUT2D eigenvalue weighted by atomic mass is 32.1. The van der Waals surface area contributed by atoms with Gasteiger partial charge >= 0.3 is 0 Å². The van der Waals surface area contributed by atoms with Gasteiger partial charge < -0.3 is 9.88 Å². The number of amides is 1. The van der Waals surface area contributed by atoms with Crippen molar-refractivity contribution in [1.29, 1.82) is 0 Å². The molecule has 0 spiro atoms. The number of carbonyl (C=O) groups is 1. The fraction of sp³-hybridized carbons (Fsp3) is 0.263. The van der Waals surface area contributed by atoms with Crippen molar-refractivity contribution in [2.24, 2.45) is 0 Å². The maximum absolute atomic E-state index is 12.4. The van der Waals surface area contributed by atoms with Crippen LogP contribution < -0.4 is 10.9 Å². The predicted molar refractivity (Wildman–Crippen MR) is 98.6 cm³/mol. The Morgan fingerprint density at radius 3 is 2.79 bits per heavy atom. The highest BCUT2D eigenvalue weighted by Gasteiger charge is 2.08. The number of rotatable bonds is 6. The maximum Gasteiger partial charge on any atom is 0.259 e. The first-order chi connectivity index (χ1) is 11.6. The van der Waals surface area contributed by atoms with Crippen molar-refractivity contribution in [3.05, 3.63) is 69.5 Å². The molecule has 0 bridgehead atoms. The Bertz CT molecular complexity index is 897. The summed E-state index contributed by atoms with van der Waals surface area (Å²) in [7, 11) is 0. The van der Waals surface area contributed by atoms with Gasteiger partial charge in [-0.2, -0.15) is 0 Å². The van der Waals surface area contributed by atoms with E-state index in [2.05, 4.69) is 17.4 Å². The van der Waals surface area contributed by atoms with Crippen LogP contribution in [0.3, 0.4) is 0 Å². The summed E-state index contributed by atoms with van der Waals surface area (Å²) in [6.45, 7) is 2.66. The zero-order chi connectivity index (χ0) is 16.9. The second-order valence-corrected chi connectivity index (χ2v) is 7.11. The van der Waals surface area contributed by atoms with E-state index in [9.17, 15) is 9.59 Å². The van der Waals surface area contributed by atoms with Crippen LogP contribution in [0.2, 0.25) is 0 Å². The van der Waals surface area contributed by atoms with Gasteiger partial charge in [-0.1, -0.05) is 30.3 Å². The summed E-state index contributed by atoms with van der Waals surface area (Å²) in [5.41, 5.74) is 1.16. The highest BCUT2D eigenvalue weighted by molar-refractivity contribution is 7.18. The highest BCUT2D eigenvalue weighted by Crippen LogP contribution is 2.21. The van der Waals surface area contributed by atoms with Crippen molar-refractivity contribution in [1.82, 2.24) is 9.88 Å².